The molecule has 0 amide bonds. The number of hydrogen-bond acceptors (Lipinski definition) is 4. The quantitative estimate of drug-likeness (QED) is 0.848. The van der Waals surface area contributed by atoms with Crippen LogP contribution in [0.4, 0.5) is 0 Å². The van der Waals surface area contributed by atoms with E-state index < -0.39 is 0 Å². The van der Waals surface area contributed by atoms with Gasteiger partial charge in [-0.2, -0.15) is 0 Å². The number of pyridine rings is 1. The Kier molecular flexibility index (Phi) is 3.62. The van der Waals surface area contributed by atoms with E-state index in [0.29, 0.717) is 11.8 Å². The van der Waals surface area contributed by atoms with Crippen molar-refractivity contribution in [2.75, 3.05) is 20.8 Å². The summed E-state index contributed by atoms with van der Waals surface area (Å²) in [7, 11) is 3.27. The smallest absolute Gasteiger partial charge is 0.179 e. The average Bonchev–Trinajstić information content (AvgIpc) is 2.39. The molecule has 4 nitrogen and oxygen atoms in total. The molecular formula is C12H18N2O2. The summed E-state index contributed by atoms with van der Waals surface area (Å²) in [6, 6.07) is 2.32. The van der Waals surface area contributed by atoms with E-state index >= 15 is 0 Å². The number of ether oxygens (including phenoxy) is 2. The third-order valence-corrected chi connectivity index (χ3v) is 2.96. The monoisotopic (exact) mass is 222 g/mol. The van der Waals surface area contributed by atoms with Gasteiger partial charge in [0.2, 0.25) is 0 Å². The second kappa shape index (κ2) is 5.16. The van der Waals surface area contributed by atoms with E-state index in [1.807, 2.05) is 6.07 Å². The SMILES string of the molecule is COc1cnc(C2CCCCN2)cc1OC. The molecule has 1 unspecified atom stereocenters. The standard InChI is InChI=1S/C12H18N2O2/c1-15-11-7-10(14-8-12(11)16-2)9-5-3-4-6-13-9/h7-9,13H,3-6H2,1-2H3. The van der Waals surface area contributed by atoms with E-state index in [1.165, 1.54) is 12.8 Å². The maximum atomic E-state index is 5.27. The summed E-state index contributed by atoms with van der Waals surface area (Å²) in [5.74, 6) is 1.43. The molecule has 1 saturated heterocycles. The lowest BCUT2D eigenvalue weighted by Gasteiger charge is -2.23. The highest BCUT2D eigenvalue weighted by atomic mass is 16.5. The third kappa shape index (κ3) is 2.27. The topological polar surface area (TPSA) is 43.4 Å². The van der Waals surface area contributed by atoms with Crippen LogP contribution in [-0.2, 0) is 0 Å². The third-order valence-electron chi connectivity index (χ3n) is 2.96. The molecule has 0 aromatic carbocycles. The lowest BCUT2D eigenvalue weighted by Crippen LogP contribution is -2.27. The second-order valence-electron chi connectivity index (χ2n) is 3.97. The van der Waals surface area contributed by atoms with Gasteiger partial charge in [0.25, 0.3) is 0 Å². The highest BCUT2D eigenvalue weighted by Crippen LogP contribution is 2.30. The fourth-order valence-corrected chi connectivity index (χ4v) is 2.05. The van der Waals surface area contributed by atoms with Gasteiger partial charge in [-0.25, -0.2) is 0 Å². The Labute approximate surface area is 96.0 Å². The first kappa shape index (κ1) is 11.2. The zero-order chi connectivity index (χ0) is 11.4. The Morgan fingerprint density at radius 1 is 1.25 bits per heavy atom. The number of aromatic nitrogens is 1. The summed E-state index contributed by atoms with van der Waals surface area (Å²) in [5, 5.41) is 3.47. The van der Waals surface area contributed by atoms with Crippen LogP contribution in [0.2, 0.25) is 0 Å². The molecule has 0 saturated carbocycles. The van der Waals surface area contributed by atoms with Gasteiger partial charge in [0, 0.05) is 12.1 Å². The van der Waals surface area contributed by atoms with Crippen molar-refractivity contribution in [3.63, 3.8) is 0 Å². The number of nitrogens with one attached hydrogen (secondary N) is 1. The van der Waals surface area contributed by atoms with E-state index in [2.05, 4.69) is 10.3 Å². The van der Waals surface area contributed by atoms with Crippen molar-refractivity contribution in [1.82, 2.24) is 10.3 Å². The first-order valence-electron chi connectivity index (χ1n) is 5.66. The van der Waals surface area contributed by atoms with Crippen molar-refractivity contribution in [2.24, 2.45) is 0 Å². The van der Waals surface area contributed by atoms with Gasteiger partial charge in [0.15, 0.2) is 11.5 Å². The molecule has 2 rings (SSSR count). The zero-order valence-corrected chi connectivity index (χ0v) is 9.82. The van der Waals surface area contributed by atoms with Crippen molar-refractivity contribution in [3.05, 3.63) is 18.0 Å². The molecule has 88 valence electrons. The van der Waals surface area contributed by atoms with Crippen LogP contribution in [-0.4, -0.2) is 25.7 Å². The van der Waals surface area contributed by atoms with Gasteiger partial charge in [-0.3, -0.25) is 4.98 Å². The molecule has 2 heterocycles. The molecule has 1 aromatic heterocycles. The van der Waals surface area contributed by atoms with Crippen LogP contribution in [0.15, 0.2) is 12.3 Å². The Hall–Kier alpha value is -1.29. The summed E-state index contributed by atoms with van der Waals surface area (Å²) in [5.41, 5.74) is 1.04. The van der Waals surface area contributed by atoms with Gasteiger partial charge in [0.05, 0.1) is 26.1 Å². The second-order valence-corrected chi connectivity index (χ2v) is 3.97. The van der Waals surface area contributed by atoms with E-state index in [-0.39, 0.29) is 0 Å². The fourth-order valence-electron chi connectivity index (χ4n) is 2.05. The van der Waals surface area contributed by atoms with E-state index in [4.69, 9.17) is 9.47 Å². The van der Waals surface area contributed by atoms with Crippen molar-refractivity contribution in [1.29, 1.82) is 0 Å². The minimum Gasteiger partial charge on any atom is -0.493 e. The lowest BCUT2D eigenvalue weighted by atomic mass is 10.0. The molecule has 0 bridgehead atoms. The summed E-state index contributed by atoms with van der Waals surface area (Å²) in [6.07, 6.45) is 5.38. The van der Waals surface area contributed by atoms with Crippen molar-refractivity contribution >= 4 is 0 Å². The lowest BCUT2D eigenvalue weighted by molar-refractivity contribution is 0.348. The Morgan fingerprint density at radius 2 is 2.06 bits per heavy atom. The van der Waals surface area contributed by atoms with Gasteiger partial charge in [-0.15, -0.1) is 0 Å². The van der Waals surface area contributed by atoms with Gasteiger partial charge < -0.3 is 14.8 Å². The molecule has 1 aliphatic heterocycles. The molecule has 0 spiro atoms. The molecule has 0 radical (unpaired) electrons. The zero-order valence-electron chi connectivity index (χ0n) is 9.82. The van der Waals surface area contributed by atoms with Gasteiger partial charge in [-0.05, 0) is 19.4 Å². The molecule has 16 heavy (non-hydrogen) atoms. The van der Waals surface area contributed by atoms with Gasteiger partial charge in [-0.1, -0.05) is 6.42 Å². The maximum Gasteiger partial charge on any atom is 0.179 e. The van der Waals surface area contributed by atoms with Crippen LogP contribution in [0.1, 0.15) is 31.0 Å². The number of rotatable bonds is 3. The highest BCUT2D eigenvalue weighted by Gasteiger charge is 2.17. The van der Waals surface area contributed by atoms with Crippen LogP contribution < -0.4 is 14.8 Å². The molecule has 1 aromatic rings. The summed E-state index contributed by atoms with van der Waals surface area (Å²) < 4.78 is 10.4. The van der Waals surface area contributed by atoms with E-state index in [0.717, 1.165) is 24.4 Å². The minimum atomic E-state index is 0.355. The molecular weight excluding hydrogens is 204 g/mol. The predicted octanol–water partition coefficient (Wildman–Crippen LogP) is 1.91. The molecule has 1 aliphatic rings. The highest BCUT2D eigenvalue weighted by molar-refractivity contribution is 5.39. The Balaban J connectivity index is 2.20. The molecule has 0 aliphatic carbocycles. The number of piperidine rings is 1. The predicted molar refractivity (Wildman–Crippen MR) is 61.9 cm³/mol. The summed E-state index contributed by atoms with van der Waals surface area (Å²) in [4.78, 5) is 4.41. The van der Waals surface area contributed by atoms with E-state index in [9.17, 15) is 0 Å². The van der Waals surface area contributed by atoms with Crippen molar-refractivity contribution < 1.29 is 9.47 Å². The number of hydrogen-bond donors (Lipinski definition) is 1. The van der Waals surface area contributed by atoms with Crippen LogP contribution in [0.3, 0.4) is 0 Å². The first-order valence-corrected chi connectivity index (χ1v) is 5.66. The van der Waals surface area contributed by atoms with Crippen LogP contribution in [0, 0.1) is 0 Å². The Bertz CT molecular complexity index is 349. The number of methoxy groups -OCH3 is 2. The fraction of sp³-hybridized carbons (Fsp3) is 0.583. The molecule has 1 atom stereocenters. The van der Waals surface area contributed by atoms with Crippen molar-refractivity contribution in [3.8, 4) is 11.5 Å². The number of nitrogens with zero attached hydrogens (tertiary/aromatic N) is 1. The van der Waals surface area contributed by atoms with Gasteiger partial charge >= 0.3 is 0 Å². The summed E-state index contributed by atoms with van der Waals surface area (Å²) >= 11 is 0. The van der Waals surface area contributed by atoms with Crippen LogP contribution in [0.25, 0.3) is 0 Å². The van der Waals surface area contributed by atoms with Crippen LogP contribution in [0.5, 0.6) is 11.5 Å². The van der Waals surface area contributed by atoms with Gasteiger partial charge in [0.1, 0.15) is 0 Å². The van der Waals surface area contributed by atoms with Crippen LogP contribution >= 0.6 is 0 Å². The first-order chi connectivity index (χ1) is 7.85. The van der Waals surface area contributed by atoms with E-state index in [1.54, 1.807) is 20.4 Å². The average molecular weight is 222 g/mol. The Morgan fingerprint density at radius 3 is 2.69 bits per heavy atom. The molecule has 4 heteroatoms. The minimum absolute atomic E-state index is 0.355. The molecule has 1 fully saturated rings. The maximum absolute atomic E-state index is 5.27. The normalized spacial score (nSPS) is 20.5. The van der Waals surface area contributed by atoms with Crippen molar-refractivity contribution in [2.45, 2.75) is 25.3 Å². The molecule has 1 N–H and O–H groups in total. The largest absolute Gasteiger partial charge is 0.493 e. The summed E-state index contributed by atoms with van der Waals surface area (Å²) in [6.45, 7) is 1.07.